The van der Waals surface area contributed by atoms with Crippen LogP contribution in [0.4, 0.5) is 0 Å². The van der Waals surface area contributed by atoms with Crippen molar-refractivity contribution in [2.24, 2.45) is 5.92 Å². The van der Waals surface area contributed by atoms with Gasteiger partial charge in [0, 0.05) is 12.0 Å². The van der Waals surface area contributed by atoms with E-state index in [0.29, 0.717) is 28.9 Å². The Morgan fingerprint density at radius 3 is 2.79 bits per heavy atom. The summed E-state index contributed by atoms with van der Waals surface area (Å²) in [6.07, 6.45) is 1.82. The highest BCUT2D eigenvalue weighted by Crippen LogP contribution is 2.30. The number of hydrogen-bond donors (Lipinski definition) is 1. The molecule has 1 aromatic heterocycles. The minimum absolute atomic E-state index is 0.0573. The van der Waals surface area contributed by atoms with Gasteiger partial charge in [-0.15, -0.1) is 0 Å². The number of phenolic OH excluding ortho intramolecular Hbond substituents is 1. The van der Waals surface area contributed by atoms with Crippen LogP contribution in [0, 0.1) is 5.92 Å². The molecule has 0 spiro atoms. The van der Waals surface area contributed by atoms with Gasteiger partial charge in [-0.1, -0.05) is 19.0 Å². The third-order valence-electron chi connectivity index (χ3n) is 2.84. The van der Waals surface area contributed by atoms with E-state index in [1.54, 1.807) is 18.2 Å². The fourth-order valence-corrected chi connectivity index (χ4v) is 1.71. The normalized spacial score (nSPS) is 10.9. The van der Waals surface area contributed by atoms with Crippen LogP contribution in [0.2, 0.25) is 0 Å². The molecule has 0 bridgehead atoms. The van der Waals surface area contributed by atoms with E-state index in [1.807, 2.05) is 0 Å². The predicted molar refractivity (Wildman–Crippen MR) is 71.1 cm³/mol. The number of aromatic hydroxyl groups is 1. The second-order valence-corrected chi connectivity index (χ2v) is 4.83. The Hall–Kier alpha value is -2.04. The zero-order valence-corrected chi connectivity index (χ0v) is 11.4. The standard InChI is InChI=1S/C14H18N2O3/c1-9(2)4-7-13-15-14(19-16-13)10-5-6-12(18-3)11(17)8-10/h5-6,8-9,17H,4,7H2,1-3H3. The molecule has 0 aliphatic carbocycles. The van der Waals surface area contributed by atoms with Gasteiger partial charge in [0.15, 0.2) is 17.3 Å². The fraction of sp³-hybridized carbons (Fsp3) is 0.429. The Bertz CT molecular complexity index is 549. The lowest BCUT2D eigenvalue weighted by Gasteiger charge is -2.03. The smallest absolute Gasteiger partial charge is 0.258 e. The zero-order valence-electron chi connectivity index (χ0n) is 11.4. The number of benzene rings is 1. The average Bonchev–Trinajstić information content (AvgIpc) is 2.85. The molecule has 0 saturated heterocycles. The maximum Gasteiger partial charge on any atom is 0.258 e. The van der Waals surface area contributed by atoms with Crippen molar-refractivity contribution in [3.8, 4) is 23.0 Å². The summed E-state index contributed by atoms with van der Waals surface area (Å²) in [5, 5.41) is 13.7. The van der Waals surface area contributed by atoms with E-state index in [9.17, 15) is 5.11 Å². The molecule has 0 amide bonds. The van der Waals surface area contributed by atoms with Gasteiger partial charge < -0.3 is 14.4 Å². The van der Waals surface area contributed by atoms with E-state index in [1.165, 1.54) is 7.11 Å². The maximum absolute atomic E-state index is 9.72. The van der Waals surface area contributed by atoms with Gasteiger partial charge in [-0.2, -0.15) is 4.98 Å². The molecule has 0 saturated carbocycles. The van der Waals surface area contributed by atoms with Crippen LogP contribution in [0.15, 0.2) is 22.7 Å². The molecule has 5 heteroatoms. The van der Waals surface area contributed by atoms with Crippen molar-refractivity contribution in [1.82, 2.24) is 10.1 Å². The molecule has 102 valence electrons. The summed E-state index contributed by atoms with van der Waals surface area (Å²) in [6, 6.07) is 5.00. The Morgan fingerprint density at radius 1 is 1.37 bits per heavy atom. The quantitative estimate of drug-likeness (QED) is 0.897. The number of aryl methyl sites for hydroxylation is 1. The molecule has 2 rings (SSSR count). The summed E-state index contributed by atoms with van der Waals surface area (Å²) in [4.78, 5) is 4.32. The predicted octanol–water partition coefficient (Wildman–Crippen LogP) is 3.04. The molecule has 0 aliphatic rings. The lowest BCUT2D eigenvalue weighted by molar-refractivity contribution is 0.373. The maximum atomic E-state index is 9.72. The highest BCUT2D eigenvalue weighted by atomic mass is 16.5. The number of ether oxygens (including phenoxy) is 1. The SMILES string of the molecule is COc1ccc(-c2nc(CCC(C)C)no2)cc1O. The van der Waals surface area contributed by atoms with Gasteiger partial charge in [0.2, 0.25) is 0 Å². The van der Waals surface area contributed by atoms with Gasteiger partial charge in [0.25, 0.3) is 5.89 Å². The minimum atomic E-state index is 0.0573. The number of methoxy groups -OCH3 is 1. The largest absolute Gasteiger partial charge is 0.504 e. The zero-order chi connectivity index (χ0) is 13.8. The molecule has 19 heavy (non-hydrogen) atoms. The van der Waals surface area contributed by atoms with Crippen molar-refractivity contribution in [3.63, 3.8) is 0 Å². The first-order valence-corrected chi connectivity index (χ1v) is 6.30. The third-order valence-corrected chi connectivity index (χ3v) is 2.84. The first-order valence-electron chi connectivity index (χ1n) is 6.30. The lowest BCUT2D eigenvalue weighted by atomic mass is 10.1. The van der Waals surface area contributed by atoms with Crippen LogP contribution in [0.1, 0.15) is 26.1 Å². The molecule has 0 atom stereocenters. The molecule has 1 heterocycles. The van der Waals surface area contributed by atoms with Crippen LogP contribution in [-0.4, -0.2) is 22.4 Å². The van der Waals surface area contributed by atoms with Crippen LogP contribution in [0.25, 0.3) is 11.5 Å². The molecular formula is C14H18N2O3. The number of rotatable bonds is 5. The molecular weight excluding hydrogens is 244 g/mol. The van der Waals surface area contributed by atoms with Gasteiger partial charge in [0.05, 0.1) is 7.11 Å². The monoisotopic (exact) mass is 262 g/mol. The van der Waals surface area contributed by atoms with Crippen molar-refractivity contribution in [2.75, 3.05) is 7.11 Å². The van der Waals surface area contributed by atoms with Crippen LogP contribution in [0.5, 0.6) is 11.5 Å². The fourth-order valence-electron chi connectivity index (χ4n) is 1.71. The molecule has 0 unspecified atom stereocenters. The van der Waals surface area contributed by atoms with Crippen molar-refractivity contribution >= 4 is 0 Å². The summed E-state index contributed by atoms with van der Waals surface area (Å²) in [5.74, 6) is 2.19. The molecule has 0 radical (unpaired) electrons. The van der Waals surface area contributed by atoms with Crippen molar-refractivity contribution in [3.05, 3.63) is 24.0 Å². The van der Waals surface area contributed by atoms with Gasteiger partial charge in [-0.3, -0.25) is 0 Å². The Morgan fingerprint density at radius 2 is 2.16 bits per heavy atom. The summed E-state index contributed by atoms with van der Waals surface area (Å²) in [7, 11) is 1.51. The third kappa shape index (κ3) is 3.24. The van der Waals surface area contributed by atoms with Crippen LogP contribution in [0.3, 0.4) is 0 Å². The van der Waals surface area contributed by atoms with Gasteiger partial charge in [-0.05, 0) is 30.5 Å². The van der Waals surface area contributed by atoms with Crippen LogP contribution in [-0.2, 0) is 6.42 Å². The van der Waals surface area contributed by atoms with Crippen molar-refractivity contribution < 1.29 is 14.4 Å². The molecule has 1 aromatic carbocycles. The van der Waals surface area contributed by atoms with Gasteiger partial charge in [-0.25, -0.2) is 0 Å². The van der Waals surface area contributed by atoms with E-state index in [2.05, 4.69) is 24.0 Å². The highest BCUT2D eigenvalue weighted by Gasteiger charge is 2.11. The molecule has 0 aliphatic heterocycles. The van der Waals surface area contributed by atoms with E-state index < -0.39 is 0 Å². The first kappa shape index (κ1) is 13.4. The number of nitrogens with zero attached hydrogens (tertiary/aromatic N) is 2. The lowest BCUT2D eigenvalue weighted by Crippen LogP contribution is -1.93. The number of aromatic nitrogens is 2. The molecule has 2 aromatic rings. The minimum Gasteiger partial charge on any atom is -0.504 e. The Balaban J connectivity index is 2.16. The Kier molecular flexibility index (Phi) is 4.04. The van der Waals surface area contributed by atoms with E-state index in [4.69, 9.17) is 9.26 Å². The van der Waals surface area contributed by atoms with E-state index in [0.717, 1.165) is 12.8 Å². The molecule has 5 nitrogen and oxygen atoms in total. The number of hydrogen-bond acceptors (Lipinski definition) is 5. The number of phenols is 1. The van der Waals surface area contributed by atoms with E-state index >= 15 is 0 Å². The Labute approximate surface area is 112 Å². The average molecular weight is 262 g/mol. The topological polar surface area (TPSA) is 68.4 Å². The summed E-state index contributed by atoms with van der Waals surface area (Å²) in [6.45, 7) is 4.31. The van der Waals surface area contributed by atoms with Crippen LogP contribution < -0.4 is 4.74 Å². The van der Waals surface area contributed by atoms with Crippen molar-refractivity contribution in [1.29, 1.82) is 0 Å². The summed E-state index contributed by atoms with van der Waals surface area (Å²) in [5.41, 5.74) is 0.682. The first-order chi connectivity index (χ1) is 9.10. The second-order valence-electron chi connectivity index (χ2n) is 4.83. The molecule has 1 N–H and O–H groups in total. The highest BCUT2D eigenvalue weighted by molar-refractivity contribution is 5.59. The van der Waals surface area contributed by atoms with Gasteiger partial charge >= 0.3 is 0 Å². The van der Waals surface area contributed by atoms with Crippen molar-refractivity contribution in [2.45, 2.75) is 26.7 Å². The summed E-state index contributed by atoms with van der Waals surface area (Å²) < 4.78 is 10.2. The van der Waals surface area contributed by atoms with E-state index in [-0.39, 0.29) is 5.75 Å². The second kappa shape index (κ2) is 5.73. The van der Waals surface area contributed by atoms with Gasteiger partial charge in [0.1, 0.15) is 0 Å². The summed E-state index contributed by atoms with van der Waals surface area (Å²) >= 11 is 0. The van der Waals surface area contributed by atoms with Crippen LogP contribution >= 0.6 is 0 Å². The molecule has 0 fully saturated rings.